The first kappa shape index (κ1) is 12.1. The molecule has 1 aliphatic carbocycles. The third kappa shape index (κ3) is 2.18. The molecule has 1 unspecified atom stereocenters. The zero-order valence-corrected chi connectivity index (χ0v) is 10.6. The minimum atomic E-state index is -0.394. The van der Waals surface area contributed by atoms with E-state index in [2.05, 4.69) is 15.5 Å². The van der Waals surface area contributed by atoms with E-state index in [9.17, 15) is 9.59 Å². The van der Waals surface area contributed by atoms with Crippen LogP contribution in [0.5, 0.6) is 0 Å². The Hall–Kier alpha value is -1.98. The summed E-state index contributed by atoms with van der Waals surface area (Å²) in [7, 11) is 0. The summed E-state index contributed by atoms with van der Waals surface area (Å²) >= 11 is 0. The lowest BCUT2D eigenvalue weighted by molar-refractivity contribution is -0.119. The van der Waals surface area contributed by atoms with Gasteiger partial charge in [-0.05, 0) is 30.9 Å². The summed E-state index contributed by atoms with van der Waals surface area (Å²) in [5, 5.41) is 10.3. The summed E-state index contributed by atoms with van der Waals surface area (Å²) < 4.78 is 0. The van der Waals surface area contributed by atoms with Crippen molar-refractivity contribution in [1.82, 2.24) is 15.5 Å². The molecule has 1 saturated heterocycles. The lowest BCUT2D eigenvalue weighted by Gasteiger charge is -2.25. The Morgan fingerprint density at radius 2 is 2.00 bits per heavy atom. The number of anilines is 1. The van der Waals surface area contributed by atoms with E-state index in [4.69, 9.17) is 0 Å². The molecule has 3 rings (SSSR count). The standard InChI is InChI=1S/C13H16N4O2/c18-12-11(9-5-2-1-3-6-9)15-13(19)17(12)10-7-4-8-14-16-10/h4,7-9,11H,1-3,5-6H2,(H,15,19). The molecule has 0 aromatic carbocycles. The highest BCUT2D eigenvalue weighted by Gasteiger charge is 2.43. The number of nitrogens with one attached hydrogen (secondary N) is 1. The summed E-state index contributed by atoms with van der Waals surface area (Å²) in [6, 6.07) is 2.50. The van der Waals surface area contributed by atoms with E-state index in [0.29, 0.717) is 5.82 Å². The summed E-state index contributed by atoms with van der Waals surface area (Å²) in [5.74, 6) is 0.354. The SMILES string of the molecule is O=C1NC(C2CCCCC2)C(=O)N1c1cccnn1. The lowest BCUT2D eigenvalue weighted by atomic mass is 9.84. The topological polar surface area (TPSA) is 75.2 Å². The molecule has 0 bridgehead atoms. The van der Waals surface area contributed by atoms with Gasteiger partial charge in [-0.25, -0.2) is 9.69 Å². The molecule has 1 atom stereocenters. The molecule has 1 aromatic rings. The van der Waals surface area contributed by atoms with Gasteiger partial charge in [-0.3, -0.25) is 4.79 Å². The number of amides is 3. The largest absolute Gasteiger partial charge is 0.330 e. The third-order valence-electron chi connectivity index (χ3n) is 3.88. The summed E-state index contributed by atoms with van der Waals surface area (Å²) in [6.07, 6.45) is 7.01. The average molecular weight is 260 g/mol. The van der Waals surface area contributed by atoms with E-state index in [-0.39, 0.29) is 17.9 Å². The van der Waals surface area contributed by atoms with Gasteiger partial charge in [0.05, 0.1) is 0 Å². The van der Waals surface area contributed by atoms with Crippen LogP contribution in [0.4, 0.5) is 10.6 Å². The van der Waals surface area contributed by atoms with Gasteiger partial charge in [-0.1, -0.05) is 19.3 Å². The molecule has 2 heterocycles. The molecule has 19 heavy (non-hydrogen) atoms. The minimum Gasteiger partial charge on any atom is -0.325 e. The van der Waals surface area contributed by atoms with E-state index in [1.54, 1.807) is 12.1 Å². The monoisotopic (exact) mass is 260 g/mol. The van der Waals surface area contributed by atoms with Crippen LogP contribution < -0.4 is 10.2 Å². The molecule has 6 nitrogen and oxygen atoms in total. The number of nitrogens with zero attached hydrogens (tertiary/aromatic N) is 3. The van der Waals surface area contributed by atoms with E-state index < -0.39 is 6.04 Å². The van der Waals surface area contributed by atoms with Crippen LogP contribution in [0, 0.1) is 5.92 Å². The maximum absolute atomic E-state index is 12.4. The fraction of sp³-hybridized carbons (Fsp3) is 0.538. The summed E-state index contributed by atoms with van der Waals surface area (Å²) in [4.78, 5) is 25.5. The van der Waals surface area contributed by atoms with E-state index in [0.717, 1.165) is 30.6 Å². The van der Waals surface area contributed by atoms with Gasteiger partial charge in [0.15, 0.2) is 5.82 Å². The second-order valence-corrected chi connectivity index (χ2v) is 5.08. The smallest absolute Gasteiger partial charge is 0.325 e. The first-order valence-corrected chi connectivity index (χ1v) is 6.69. The van der Waals surface area contributed by atoms with Crippen LogP contribution in [-0.4, -0.2) is 28.2 Å². The van der Waals surface area contributed by atoms with Crippen molar-refractivity contribution in [1.29, 1.82) is 0 Å². The van der Waals surface area contributed by atoms with E-state index >= 15 is 0 Å². The number of hydrogen-bond donors (Lipinski definition) is 1. The first-order chi connectivity index (χ1) is 9.27. The quantitative estimate of drug-likeness (QED) is 0.817. The second kappa shape index (κ2) is 4.95. The van der Waals surface area contributed by atoms with Crippen LogP contribution in [0.25, 0.3) is 0 Å². The number of hydrogen-bond acceptors (Lipinski definition) is 4. The Morgan fingerprint density at radius 3 is 2.68 bits per heavy atom. The number of urea groups is 1. The normalized spacial score (nSPS) is 24.6. The summed E-state index contributed by atoms with van der Waals surface area (Å²) in [5.41, 5.74) is 0. The lowest BCUT2D eigenvalue weighted by Crippen LogP contribution is -2.38. The molecular formula is C13H16N4O2. The molecule has 3 amide bonds. The van der Waals surface area contributed by atoms with Gasteiger partial charge in [0, 0.05) is 6.20 Å². The van der Waals surface area contributed by atoms with Gasteiger partial charge in [-0.2, -0.15) is 5.10 Å². The van der Waals surface area contributed by atoms with Gasteiger partial charge in [0.2, 0.25) is 0 Å². The molecule has 6 heteroatoms. The molecule has 1 saturated carbocycles. The van der Waals surface area contributed by atoms with Crippen molar-refractivity contribution in [3.63, 3.8) is 0 Å². The Kier molecular flexibility index (Phi) is 3.15. The van der Waals surface area contributed by atoms with Crippen molar-refractivity contribution in [3.05, 3.63) is 18.3 Å². The van der Waals surface area contributed by atoms with Crippen LogP contribution in [-0.2, 0) is 4.79 Å². The van der Waals surface area contributed by atoms with Crippen molar-refractivity contribution < 1.29 is 9.59 Å². The zero-order chi connectivity index (χ0) is 13.2. The van der Waals surface area contributed by atoms with Crippen molar-refractivity contribution >= 4 is 17.8 Å². The van der Waals surface area contributed by atoms with Gasteiger partial charge in [-0.15, -0.1) is 5.10 Å². The maximum Gasteiger partial charge on any atom is 0.330 e. The number of imide groups is 1. The predicted octanol–water partition coefficient (Wildman–Crippen LogP) is 1.48. The molecular weight excluding hydrogens is 244 g/mol. The highest BCUT2D eigenvalue weighted by Crippen LogP contribution is 2.30. The number of carbonyl (C=O) groups is 2. The zero-order valence-electron chi connectivity index (χ0n) is 10.6. The van der Waals surface area contributed by atoms with Crippen molar-refractivity contribution in [3.8, 4) is 0 Å². The van der Waals surface area contributed by atoms with Gasteiger partial charge in [0.1, 0.15) is 6.04 Å². The minimum absolute atomic E-state index is 0.197. The Bertz CT molecular complexity index is 485. The third-order valence-corrected chi connectivity index (χ3v) is 3.88. The molecule has 2 fully saturated rings. The molecule has 1 N–H and O–H groups in total. The van der Waals surface area contributed by atoms with Crippen LogP contribution in [0.1, 0.15) is 32.1 Å². The molecule has 0 spiro atoms. The van der Waals surface area contributed by atoms with Gasteiger partial charge < -0.3 is 5.32 Å². The van der Waals surface area contributed by atoms with Crippen LogP contribution in [0.15, 0.2) is 18.3 Å². The molecule has 0 radical (unpaired) electrons. The molecule has 2 aliphatic rings. The highest BCUT2D eigenvalue weighted by molar-refractivity contribution is 6.20. The van der Waals surface area contributed by atoms with Crippen LogP contribution in [0.2, 0.25) is 0 Å². The van der Waals surface area contributed by atoms with Crippen LogP contribution in [0.3, 0.4) is 0 Å². The first-order valence-electron chi connectivity index (χ1n) is 6.69. The number of aromatic nitrogens is 2. The van der Waals surface area contributed by atoms with Crippen molar-refractivity contribution in [2.75, 3.05) is 4.90 Å². The molecule has 1 aromatic heterocycles. The van der Waals surface area contributed by atoms with Gasteiger partial charge in [0.25, 0.3) is 5.91 Å². The Morgan fingerprint density at radius 1 is 1.21 bits per heavy atom. The average Bonchev–Trinajstić information content (AvgIpc) is 2.76. The molecule has 1 aliphatic heterocycles. The van der Waals surface area contributed by atoms with Crippen LogP contribution >= 0.6 is 0 Å². The summed E-state index contributed by atoms with van der Waals surface area (Å²) in [6.45, 7) is 0. The Balaban J connectivity index is 1.81. The fourth-order valence-electron chi connectivity index (χ4n) is 2.92. The Labute approximate surface area is 111 Å². The van der Waals surface area contributed by atoms with E-state index in [1.807, 2.05) is 0 Å². The number of carbonyl (C=O) groups excluding carboxylic acids is 2. The molecule has 100 valence electrons. The predicted molar refractivity (Wildman–Crippen MR) is 68.4 cm³/mol. The van der Waals surface area contributed by atoms with Crippen molar-refractivity contribution in [2.45, 2.75) is 38.1 Å². The van der Waals surface area contributed by atoms with Gasteiger partial charge >= 0.3 is 6.03 Å². The fourth-order valence-corrected chi connectivity index (χ4v) is 2.92. The highest BCUT2D eigenvalue weighted by atomic mass is 16.2. The second-order valence-electron chi connectivity index (χ2n) is 5.08. The number of rotatable bonds is 2. The van der Waals surface area contributed by atoms with E-state index in [1.165, 1.54) is 12.6 Å². The maximum atomic E-state index is 12.4. The van der Waals surface area contributed by atoms with Crippen molar-refractivity contribution in [2.24, 2.45) is 5.92 Å².